The average molecular weight is 395 g/mol. The maximum absolute atomic E-state index is 14.6. The lowest BCUT2D eigenvalue weighted by atomic mass is 9.88. The molecule has 0 radical (unpaired) electrons. The molecule has 0 saturated heterocycles. The van der Waals surface area contributed by atoms with E-state index in [0.29, 0.717) is 17.5 Å². The summed E-state index contributed by atoms with van der Waals surface area (Å²) in [6.45, 7) is 1.68. The quantitative estimate of drug-likeness (QED) is 0.529. The third-order valence-electron chi connectivity index (χ3n) is 5.13. The second-order valence-corrected chi connectivity index (χ2v) is 7.03. The number of ether oxygens (including phenoxy) is 1. The molecule has 7 heteroatoms. The maximum atomic E-state index is 14.6. The zero-order valence-corrected chi connectivity index (χ0v) is 15.8. The van der Waals surface area contributed by atoms with Crippen LogP contribution in [0.4, 0.5) is 17.6 Å². The highest BCUT2D eigenvalue weighted by atomic mass is 19.4. The summed E-state index contributed by atoms with van der Waals surface area (Å²) < 4.78 is 60.1. The molecule has 0 spiro atoms. The first kappa shape index (κ1) is 20.3. The van der Waals surface area contributed by atoms with Crippen molar-refractivity contribution in [2.75, 3.05) is 20.7 Å². The average Bonchev–Trinajstić information content (AvgIpc) is 2.99. The van der Waals surface area contributed by atoms with Gasteiger partial charge in [0.05, 0.1) is 17.7 Å². The van der Waals surface area contributed by atoms with Crippen LogP contribution in [0.5, 0.6) is 0 Å². The standard InChI is InChI=1S/C21H21F4NO2/c1-4-28-20(27)16-9-13-14(11-19(26(2)3)15(13)10-18(16)22)12-7-5-6-8-17(12)21(23,24)25/h5-10,14,19H,4,11H2,1-3H3/t14-,19?/m1/s1. The summed E-state index contributed by atoms with van der Waals surface area (Å²) >= 11 is 0. The molecule has 0 aliphatic heterocycles. The van der Waals surface area contributed by atoms with Gasteiger partial charge in [0.1, 0.15) is 5.82 Å². The van der Waals surface area contributed by atoms with Gasteiger partial charge in [0.2, 0.25) is 0 Å². The number of hydrogen-bond acceptors (Lipinski definition) is 3. The van der Waals surface area contributed by atoms with Gasteiger partial charge in [-0.1, -0.05) is 18.2 Å². The molecule has 0 saturated carbocycles. The van der Waals surface area contributed by atoms with Gasteiger partial charge >= 0.3 is 12.1 Å². The van der Waals surface area contributed by atoms with E-state index < -0.39 is 29.4 Å². The van der Waals surface area contributed by atoms with Crippen molar-refractivity contribution in [3.8, 4) is 0 Å². The van der Waals surface area contributed by atoms with E-state index in [1.165, 1.54) is 24.3 Å². The van der Waals surface area contributed by atoms with Crippen LogP contribution in [0.25, 0.3) is 0 Å². The van der Waals surface area contributed by atoms with Crippen LogP contribution < -0.4 is 0 Å². The minimum atomic E-state index is -4.50. The molecule has 0 bridgehead atoms. The third kappa shape index (κ3) is 3.63. The number of hydrogen-bond donors (Lipinski definition) is 0. The SMILES string of the molecule is CCOC(=O)c1cc2c(cc1F)C(N(C)C)C[C@@H]2c1ccccc1C(F)(F)F. The normalized spacial score (nSPS) is 19.0. The Kier molecular flexibility index (Phi) is 5.48. The van der Waals surface area contributed by atoms with Gasteiger partial charge in [-0.25, -0.2) is 9.18 Å². The largest absolute Gasteiger partial charge is 0.462 e. The molecular weight excluding hydrogens is 374 g/mol. The van der Waals surface area contributed by atoms with Crippen molar-refractivity contribution < 1.29 is 27.1 Å². The van der Waals surface area contributed by atoms with Gasteiger partial charge in [-0.3, -0.25) is 0 Å². The van der Waals surface area contributed by atoms with Crippen molar-refractivity contribution in [3.63, 3.8) is 0 Å². The van der Waals surface area contributed by atoms with Crippen LogP contribution in [0.15, 0.2) is 36.4 Å². The number of fused-ring (bicyclic) bond motifs is 1. The van der Waals surface area contributed by atoms with E-state index >= 15 is 0 Å². The first-order valence-corrected chi connectivity index (χ1v) is 8.98. The summed E-state index contributed by atoms with van der Waals surface area (Å²) in [6, 6.07) is 7.75. The van der Waals surface area contributed by atoms with Crippen molar-refractivity contribution in [2.45, 2.75) is 31.5 Å². The Morgan fingerprint density at radius 1 is 1.14 bits per heavy atom. The maximum Gasteiger partial charge on any atom is 0.416 e. The number of carbonyl (C=O) groups excluding carboxylic acids is 1. The fraction of sp³-hybridized carbons (Fsp3) is 0.381. The Balaban J connectivity index is 2.18. The van der Waals surface area contributed by atoms with Gasteiger partial charge < -0.3 is 9.64 Å². The van der Waals surface area contributed by atoms with Gasteiger partial charge in [-0.15, -0.1) is 0 Å². The lowest BCUT2D eigenvalue weighted by Gasteiger charge is -2.21. The van der Waals surface area contributed by atoms with E-state index in [-0.39, 0.29) is 23.8 Å². The highest BCUT2D eigenvalue weighted by Crippen LogP contribution is 2.49. The molecule has 0 aromatic heterocycles. The van der Waals surface area contributed by atoms with Crippen LogP contribution in [0, 0.1) is 5.82 Å². The lowest BCUT2D eigenvalue weighted by molar-refractivity contribution is -0.138. The van der Waals surface area contributed by atoms with E-state index in [4.69, 9.17) is 4.74 Å². The highest BCUT2D eigenvalue weighted by Gasteiger charge is 2.40. The second kappa shape index (κ2) is 7.54. The van der Waals surface area contributed by atoms with E-state index in [0.717, 1.165) is 6.07 Å². The van der Waals surface area contributed by atoms with E-state index in [2.05, 4.69) is 0 Å². The molecular formula is C21H21F4NO2. The number of rotatable bonds is 4. The molecule has 2 aromatic rings. The Morgan fingerprint density at radius 3 is 2.43 bits per heavy atom. The van der Waals surface area contributed by atoms with Gasteiger partial charge in [0, 0.05) is 12.0 Å². The molecule has 3 nitrogen and oxygen atoms in total. The van der Waals surface area contributed by atoms with Crippen molar-refractivity contribution in [1.29, 1.82) is 0 Å². The fourth-order valence-corrected chi connectivity index (χ4v) is 3.88. The third-order valence-corrected chi connectivity index (χ3v) is 5.13. The first-order chi connectivity index (χ1) is 13.1. The summed E-state index contributed by atoms with van der Waals surface area (Å²) in [5.41, 5.74) is 0.279. The number of esters is 1. The smallest absolute Gasteiger partial charge is 0.416 e. The van der Waals surface area contributed by atoms with Crippen molar-refractivity contribution in [3.05, 3.63) is 70.0 Å². The van der Waals surface area contributed by atoms with E-state index in [1.54, 1.807) is 27.1 Å². The van der Waals surface area contributed by atoms with E-state index in [9.17, 15) is 22.4 Å². The van der Waals surface area contributed by atoms with Crippen molar-refractivity contribution >= 4 is 5.97 Å². The topological polar surface area (TPSA) is 29.5 Å². The Labute approximate surface area is 160 Å². The van der Waals surface area contributed by atoms with Crippen LogP contribution in [-0.4, -0.2) is 31.6 Å². The summed E-state index contributed by atoms with van der Waals surface area (Å²) in [7, 11) is 3.59. The molecule has 0 fully saturated rings. The van der Waals surface area contributed by atoms with Gasteiger partial charge in [-0.2, -0.15) is 13.2 Å². The summed E-state index contributed by atoms with van der Waals surface area (Å²) in [6.07, 6.45) is -4.14. The summed E-state index contributed by atoms with van der Waals surface area (Å²) in [5.74, 6) is -2.15. The van der Waals surface area contributed by atoms with Crippen molar-refractivity contribution in [2.24, 2.45) is 0 Å². The Hall–Kier alpha value is -2.41. The van der Waals surface area contributed by atoms with Gasteiger partial charge in [-0.05, 0) is 62.3 Å². The number of halogens is 4. The summed E-state index contributed by atoms with van der Waals surface area (Å²) in [5, 5.41) is 0. The molecule has 2 atom stereocenters. The van der Waals surface area contributed by atoms with Crippen LogP contribution in [0.3, 0.4) is 0 Å². The number of benzene rings is 2. The zero-order valence-electron chi connectivity index (χ0n) is 15.8. The predicted molar refractivity (Wildman–Crippen MR) is 96.7 cm³/mol. The minimum absolute atomic E-state index is 0.0794. The molecule has 28 heavy (non-hydrogen) atoms. The van der Waals surface area contributed by atoms with E-state index in [1.807, 2.05) is 4.90 Å². The number of nitrogens with zero attached hydrogens (tertiary/aromatic N) is 1. The number of alkyl halides is 3. The van der Waals surface area contributed by atoms with Crippen LogP contribution in [0.2, 0.25) is 0 Å². The molecule has 1 aliphatic rings. The Morgan fingerprint density at radius 2 is 1.82 bits per heavy atom. The van der Waals surface area contributed by atoms with Crippen LogP contribution >= 0.6 is 0 Å². The fourth-order valence-electron chi connectivity index (χ4n) is 3.88. The predicted octanol–water partition coefficient (Wildman–Crippen LogP) is 5.16. The molecule has 1 unspecified atom stereocenters. The van der Waals surface area contributed by atoms with Crippen molar-refractivity contribution in [1.82, 2.24) is 4.90 Å². The van der Waals surface area contributed by atoms with Crippen LogP contribution in [-0.2, 0) is 10.9 Å². The molecule has 0 amide bonds. The molecule has 3 rings (SSSR count). The van der Waals surface area contributed by atoms with Gasteiger partial charge in [0.15, 0.2) is 0 Å². The molecule has 0 heterocycles. The van der Waals surface area contributed by atoms with Crippen LogP contribution in [0.1, 0.15) is 57.9 Å². The number of carbonyl (C=O) groups is 1. The molecule has 2 aromatic carbocycles. The molecule has 0 N–H and O–H groups in total. The van der Waals surface area contributed by atoms with Gasteiger partial charge in [0.25, 0.3) is 0 Å². The lowest BCUT2D eigenvalue weighted by Crippen LogP contribution is -2.18. The Bertz CT molecular complexity index is 892. The monoisotopic (exact) mass is 395 g/mol. The zero-order chi connectivity index (χ0) is 20.6. The second-order valence-electron chi connectivity index (χ2n) is 7.03. The summed E-state index contributed by atoms with van der Waals surface area (Å²) in [4.78, 5) is 13.9. The molecule has 150 valence electrons. The molecule has 1 aliphatic carbocycles. The first-order valence-electron chi connectivity index (χ1n) is 8.98. The highest BCUT2D eigenvalue weighted by molar-refractivity contribution is 5.90. The minimum Gasteiger partial charge on any atom is -0.462 e.